The zero-order valence-corrected chi connectivity index (χ0v) is 12.9. The summed E-state index contributed by atoms with van der Waals surface area (Å²) < 4.78 is 0. The molecule has 0 spiro atoms. The summed E-state index contributed by atoms with van der Waals surface area (Å²) in [5.41, 5.74) is 2.33. The lowest BCUT2D eigenvalue weighted by Crippen LogP contribution is -2.31. The van der Waals surface area contributed by atoms with Crippen LogP contribution in [0.2, 0.25) is 0 Å². The Kier molecular flexibility index (Phi) is 6.41. The minimum Gasteiger partial charge on any atom is -0.288 e. The van der Waals surface area contributed by atoms with E-state index in [1.165, 1.54) is 0 Å². The fourth-order valence-electron chi connectivity index (χ4n) is 2.39. The smallest absolute Gasteiger partial charge is 0.115 e. The maximum atomic E-state index is 9.40. The second kappa shape index (κ2) is 8.81. The summed E-state index contributed by atoms with van der Waals surface area (Å²) in [6.07, 6.45) is 6.13. The molecular formula is C20H22N2. The highest BCUT2D eigenvalue weighted by Gasteiger charge is 2.16. The largest absolute Gasteiger partial charge is 0.288 e. The molecule has 1 N–H and O–H groups in total. The molecular weight excluding hydrogens is 268 g/mol. The summed E-state index contributed by atoms with van der Waals surface area (Å²) in [6.45, 7) is 2.13. The molecule has 0 aliphatic heterocycles. The molecule has 0 aliphatic carbocycles. The molecule has 0 aromatic heterocycles. The molecule has 2 aromatic carbocycles. The molecule has 1 atom stereocenters. The molecule has 0 saturated carbocycles. The number of nitrogens with one attached hydrogen (secondary N) is 1. The average molecular weight is 290 g/mol. The van der Waals surface area contributed by atoms with E-state index in [2.05, 4.69) is 48.7 Å². The van der Waals surface area contributed by atoms with E-state index in [4.69, 9.17) is 0 Å². The number of hydrogen-bond donors (Lipinski definition) is 1. The first-order valence-electron chi connectivity index (χ1n) is 7.77. The lowest BCUT2D eigenvalue weighted by Gasteiger charge is -2.21. The molecule has 22 heavy (non-hydrogen) atoms. The van der Waals surface area contributed by atoms with E-state index in [1.807, 2.05) is 42.5 Å². The van der Waals surface area contributed by atoms with Crippen LogP contribution in [0.4, 0.5) is 0 Å². The number of nitriles is 1. The van der Waals surface area contributed by atoms with Gasteiger partial charge < -0.3 is 0 Å². The molecule has 0 radical (unpaired) electrons. The van der Waals surface area contributed by atoms with Crippen molar-refractivity contribution in [1.29, 1.82) is 5.26 Å². The van der Waals surface area contributed by atoms with Crippen molar-refractivity contribution in [2.24, 2.45) is 0 Å². The van der Waals surface area contributed by atoms with Gasteiger partial charge in [0.2, 0.25) is 0 Å². The van der Waals surface area contributed by atoms with Gasteiger partial charge in [0.15, 0.2) is 0 Å². The maximum Gasteiger partial charge on any atom is 0.115 e. The average Bonchev–Trinajstić information content (AvgIpc) is 2.59. The van der Waals surface area contributed by atoms with Gasteiger partial charge in [-0.05, 0) is 17.5 Å². The molecule has 2 nitrogen and oxygen atoms in total. The lowest BCUT2D eigenvalue weighted by atomic mass is 9.98. The normalized spacial score (nSPS) is 12.4. The molecule has 0 bridgehead atoms. The molecule has 0 unspecified atom stereocenters. The van der Waals surface area contributed by atoms with Crippen LogP contribution in [-0.2, 0) is 0 Å². The Morgan fingerprint density at radius 1 is 1.00 bits per heavy atom. The third-order valence-corrected chi connectivity index (χ3v) is 3.53. The predicted octanol–water partition coefficient (Wildman–Crippen LogP) is 4.61. The quantitative estimate of drug-likeness (QED) is 0.756. The van der Waals surface area contributed by atoms with Crippen LogP contribution in [0.25, 0.3) is 0 Å². The van der Waals surface area contributed by atoms with Crippen LogP contribution in [0, 0.1) is 11.3 Å². The summed E-state index contributed by atoms with van der Waals surface area (Å²) >= 11 is 0. The van der Waals surface area contributed by atoms with Gasteiger partial charge in [-0.2, -0.15) is 5.26 Å². The van der Waals surface area contributed by atoms with Crippen LogP contribution in [-0.4, -0.2) is 6.04 Å². The number of unbranched alkanes of at least 4 members (excludes halogenated alkanes) is 1. The van der Waals surface area contributed by atoms with Gasteiger partial charge >= 0.3 is 0 Å². The van der Waals surface area contributed by atoms with Crippen molar-refractivity contribution in [2.45, 2.75) is 31.8 Å². The van der Waals surface area contributed by atoms with Gasteiger partial charge in [0.1, 0.15) is 6.04 Å². The Bertz CT molecular complexity index is 572. The highest BCUT2D eigenvalue weighted by molar-refractivity contribution is 5.32. The lowest BCUT2D eigenvalue weighted by molar-refractivity contribution is 0.598. The molecule has 0 aliphatic rings. The van der Waals surface area contributed by atoms with E-state index < -0.39 is 0 Å². The molecule has 0 amide bonds. The number of benzene rings is 2. The van der Waals surface area contributed by atoms with Gasteiger partial charge in [-0.15, -0.1) is 0 Å². The van der Waals surface area contributed by atoms with Gasteiger partial charge in [-0.25, -0.2) is 0 Å². The third-order valence-electron chi connectivity index (χ3n) is 3.53. The van der Waals surface area contributed by atoms with Crippen LogP contribution in [0.5, 0.6) is 0 Å². The van der Waals surface area contributed by atoms with Crippen LogP contribution in [0.3, 0.4) is 0 Å². The zero-order chi connectivity index (χ0) is 15.6. The number of nitrogens with zero attached hydrogens (tertiary/aromatic N) is 1. The molecule has 2 rings (SSSR count). The van der Waals surface area contributed by atoms with Gasteiger partial charge in [-0.3, -0.25) is 5.32 Å². The Morgan fingerprint density at radius 2 is 1.55 bits per heavy atom. The molecule has 2 heteroatoms. The van der Waals surface area contributed by atoms with Crippen LogP contribution in [0.15, 0.2) is 72.8 Å². The van der Waals surface area contributed by atoms with Crippen molar-refractivity contribution in [3.05, 3.63) is 83.9 Å². The van der Waals surface area contributed by atoms with E-state index in [9.17, 15) is 5.26 Å². The maximum absolute atomic E-state index is 9.40. The predicted molar refractivity (Wildman–Crippen MR) is 91.3 cm³/mol. The molecule has 112 valence electrons. The molecule has 0 heterocycles. The first-order chi connectivity index (χ1) is 10.8. The van der Waals surface area contributed by atoms with Gasteiger partial charge in [0.05, 0.1) is 12.1 Å². The second-order valence-electron chi connectivity index (χ2n) is 5.24. The van der Waals surface area contributed by atoms with Crippen molar-refractivity contribution in [3.8, 4) is 6.07 Å². The number of allylic oxidation sites excluding steroid dienone is 1. The van der Waals surface area contributed by atoms with E-state index in [-0.39, 0.29) is 12.1 Å². The Hall–Kier alpha value is -2.37. The van der Waals surface area contributed by atoms with Crippen molar-refractivity contribution >= 4 is 0 Å². The standard InChI is InChI=1S/C20H22N2/c1-2-3-6-15-19(16-21)22-20(17-11-7-4-8-12-17)18-13-9-5-10-14-18/h4-15,19-20,22H,2-3H2,1H3/b15-6+/t19-/m1/s1. The summed E-state index contributed by atoms with van der Waals surface area (Å²) in [6, 6.07) is 22.6. The van der Waals surface area contributed by atoms with E-state index in [0.29, 0.717) is 0 Å². The summed E-state index contributed by atoms with van der Waals surface area (Å²) in [7, 11) is 0. The molecule has 0 saturated heterocycles. The van der Waals surface area contributed by atoms with Crippen LogP contribution < -0.4 is 5.32 Å². The van der Waals surface area contributed by atoms with Crippen LogP contribution >= 0.6 is 0 Å². The fourth-order valence-corrected chi connectivity index (χ4v) is 2.39. The van der Waals surface area contributed by atoms with Crippen molar-refractivity contribution in [1.82, 2.24) is 5.32 Å². The summed E-state index contributed by atoms with van der Waals surface area (Å²) in [5.74, 6) is 0. The van der Waals surface area contributed by atoms with E-state index in [0.717, 1.165) is 24.0 Å². The van der Waals surface area contributed by atoms with Crippen LogP contribution in [0.1, 0.15) is 36.9 Å². The minimum atomic E-state index is -0.294. The topological polar surface area (TPSA) is 35.8 Å². The fraction of sp³-hybridized carbons (Fsp3) is 0.250. The van der Waals surface area contributed by atoms with Gasteiger partial charge in [-0.1, -0.05) is 86.2 Å². The zero-order valence-electron chi connectivity index (χ0n) is 12.9. The van der Waals surface area contributed by atoms with Gasteiger partial charge in [0.25, 0.3) is 0 Å². The Labute approximate surface area is 133 Å². The van der Waals surface area contributed by atoms with Crippen molar-refractivity contribution < 1.29 is 0 Å². The Morgan fingerprint density at radius 3 is 2.00 bits per heavy atom. The highest BCUT2D eigenvalue weighted by atomic mass is 14.9. The van der Waals surface area contributed by atoms with Gasteiger partial charge in [0, 0.05) is 0 Å². The highest BCUT2D eigenvalue weighted by Crippen LogP contribution is 2.22. The first-order valence-corrected chi connectivity index (χ1v) is 7.77. The second-order valence-corrected chi connectivity index (χ2v) is 5.24. The third kappa shape index (κ3) is 4.58. The molecule has 2 aromatic rings. The summed E-state index contributed by atoms with van der Waals surface area (Å²) in [5, 5.41) is 12.9. The first kappa shape index (κ1) is 16.0. The van der Waals surface area contributed by atoms with Crippen molar-refractivity contribution in [2.75, 3.05) is 0 Å². The summed E-state index contributed by atoms with van der Waals surface area (Å²) in [4.78, 5) is 0. The molecule has 0 fully saturated rings. The number of rotatable bonds is 7. The Balaban J connectivity index is 2.24. The monoisotopic (exact) mass is 290 g/mol. The van der Waals surface area contributed by atoms with E-state index >= 15 is 0 Å². The number of hydrogen-bond acceptors (Lipinski definition) is 2. The minimum absolute atomic E-state index is 0.0123. The SMILES string of the molecule is CCC/C=C/[C@H](C#N)NC(c1ccccc1)c1ccccc1. The van der Waals surface area contributed by atoms with E-state index in [1.54, 1.807) is 0 Å². The van der Waals surface area contributed by atoms with Crippen molar-refractivity contribution in [3.63, 3.8) is 0 Å².